The van der Waals surface area contributed by atoms with Gasteiger partial charge in [0.2, 0.25) is 10.0 Å². The van der Waals surface area contributed by atoms with E-state index in [2.05, 4.69) is 4.72 Å². The third-order valence-corrected chi connectivity index (χ3v) is 6.28. The molecule has 0 saturated heterocycles. The van der Waals surface area contributed by atoms with Gasteiger partial charge >= 0.3 is 0 Å². The lowest BCUT2D eigenvalue weighted by Gasteiger charge is -2.18. The first-order chi connectivity index (χ1) is 9.86. The number of nitrogen functional groups attached to an aromatic ring is 1. The first-order valence-electron chi connectivity index (χ1n) is 6.71. The van der Waals surface area contributed by atoms with Crippen LogP contribution in [0.25, 0.3) is 0 Å². The molecular weight excluding hydrogens is 335 g/mol. The van der Waals surface area contributed by atoms with E-state index in [9.17, 15) is 13.5 Å². The Kier molecular flexibility index (Phi) is 5.38. The van der Waals surface area contributed by atoms with E-state index in [1.807, 2.05) is 0 Å². The maximum Gasteiger partial charge on any atom is 0.242 e. The van der Waals surface area contributed by atoms with Gasteiger partial charge in [-0.05, 0) is 36.8 Å². The van der Waals surface area contributed by atoms with Gasteiger partial charge in [0, 0.05) is 13.2 Å². The number of aliphatic hydroxyl groups is 1. The molecule has 2 unspecified atom stereocenters. The third kappa shape index (κ3) is 3.63. The zero-order valence-corrected chi connectivity index (χ0v) is 13.7. The summed E-state index contributed by atoms with van der Waals surface area (Å²) in [5.41, 5.74) is 5.70. The molecule has 5 nitrogen and oxygen atoms in total. The molecule has 0 radical (unpaired) electrons. The van der Waals surface area contributed by atoms with Crippen LogP contribution in [0.4, 0.5) is 5.69 Å². The maximum absolute atomic E-state index is 12.3. The molecule has 0 heterocycles. The summed E-state index contributed by atoms with van der Waals surface area (Å²) in [6.07, 6.45) is 2.84. The summed E-state index contributed by atoms with van der Waals surface area (Å²) in [4.78, 5) is -0.0791. The van der Waals surface area contributed by atoms with Gasteiger partial charge in [-0.15, -0.1) is 0 Å². The Morgan fingerprint density at radius 2 is 1.95 bits per heavy atom. The van der Waals surface area contributed by atoms with E-state index in [4.69, 9.17) is 28.9 Å². The van der Waals surface area contributed by atoms with Gasteiger partial charge in [0.1, 0.15) is 4.90 Å². The van der Waals surface area contributed by atoms with Crippen molar-refractivity contribution in [3.63, 3.8) is 0 Å². The van der Waals surface area contributed by atoms with Crippen LogP contribution in [-0.4, -0.2) is 26.7 Å². The molecule has 4 N–H and O–H groups in total. The van der Waals surface area contributed by atoms with Crippen molar-refractivity contribution in [2.45, 2.75) is 24.2 Å². The SMILES string of the molecule is Nc1c(Cl)ccc(S(=O)(=O)NCC2CCCC2CO)c1Cl. The summed E-state index contributed by atoms with van der Waals surface area (Å²) >= 11 is 11.8. The highest BCUT2D eigenvalue weighted by atomic mass is 35.5. The molecule has 0 aliphatic heterocycles. The molecule has 1 aliphatic rings. The Bertz CT molecular complexity index is 622. The number of rotatable bonds is 5. The zero-order valence-electron chi connectivity index (χ0n) is 11.4. The minimum atomic E-state index is -3.75. The molecule has 118 valence electrons. The van der Waals surface area contributed by atoms with E-state index < -0.39 is 10.0 Å². The molecule has 0 aromatic heterocycles. The van der Waals surface area contributed by atoms with Gasteiger partial charge in [-0.25, -0.2) is 13.1 Å². The second-order valence-electron chi connectivity index (χ2n) is 5.26. The van der Waals surface area contributed by atoms with E-state index in [0.29, 0.717) is 0 Å². The number of anilines is 1. The Morgan fingerprint density at radius 3 is 2.62 bits per heavy atom. The van der Waals surface area contributed by atoms with E-state index >= 15 is 0 Å². The van der Waals surface area contributed by atoms with Crippen molar-refractivity contribution in [1.82, 2.24) is 4.72 Å². The van der Waals surface area contributed by atoms with Crippen molar-refractivity contribution in [2.75, 3.05) is 18.9 Å². The van der Waals surface area contributed by atoms with Gasteiger partial charge in [0.25, 0.3) is 0 Å². The summed E-state index contributed by atoms with van der Waals surface area (Å²) in [6, 6.07) is 2.74. The zero-order chi connectivity index (χ0) is 15.6. The van der Waals surface area contributed by atoms with Crippen LogP contribution in [0.15, 0.2) is 17.0 Å². The van der Waals surface area contributed by atoms with Crippen molar-refractivity contribution < 1.29 is 13.5 Å². The average Bonchev–Trinajstić information content (AvgIpc) is 2.90. The van der Waals surface area contributed by atoms with Crippen LogP contribution in [0.1, 0.15) is 19.3 Å². The molecule has 21 heavy (non-hydrogen) atoms. The summed E-state index contributed by atoms with van der Waals surface area (Å²) in [5, 5.41) is 9.41. The van der Waals surface area contributed by atoms with Crippen molar-refractivity contribution in [2.24, 2.45) is 11.8 Å². The number of sulfonamides is 1. The lowest BCUT2D eigenvalue weighted by atomic mass is 9.97. The Labute approximate surface area is 134 Å². The van der Waals surface area contributed by atoms with E-state index in [1.165, 1.54) is 12.1 Å². The Morgan fingerprint density at radius 1 is 1.29 bits per heavy atom. The topological polar surface area (TPSA) is 92.4 Å². The van der Waals surface area contributed by atoms with Crippen molar-refractivity contribution in [1.29, 1.82) is 0 Å². The fourth-order valence-electron chi connectivity index (χ4n) is 2.67. The maximum atomic E-state index is 12.3. The van der Waals surface area contributed by atoms with Crippen LogP contribution in [0.5, 0.6) is 0 Å². The number of nitrogens with two attached hydrogens (primary N) is 1. The summed E-state index contributed by atoms with van der Waals surface area (Å²) in [5.74, 6) is 0.298. The van der Waals surface area contributed by atoms with Gasteiger partial charge < -0.3 is 10.8 Å². The molecule has 1 fully saturated rings. The second kappa shape index (κ2) is 6.71. The number of hydrogen-bond acceptors (Lipinski definition) is 4. The lowest BCUT2D eigenvalue weighted by molar-refractivity contribution is 0.195. The molecule has 0 spiro atoms. The van der Waals surface area contributed by atoms with E-state index in [1.54, 1.807) is 0 Å². The largest absolute Gasteiger partial charge is 0.396 e. The molecule has 1 aliphatic carbocycles. The molecule has 2 rings (SSSR count). The van der Waals surface area contributed by atoms with Gasteiger partial charge in [0.05, 0.1) is 15.7 Å². The number of aliphatic hydroxyl groups excluding tert-OH is 1. The number of nitrogens with one attached hydrogen (secondary N) is 1. The van der Waals surface area contributed by atoms with E-state index in [0.717, 1.165) is 19.3 Å². The first-order valence-corrected chi connectivity index (χ1v) is 8.94. The number of hydrogen-bond donors (Lipinski definition) is 3. The van der Waals surface area contributed by atoms with Crippen molar-refractivity contribution in [3.05, 3.63) is 22.2 Å². The first kappa shape index (κ1) is 16.8. The minimum Gasteiger partial charge on any atom is -0.396 e. The molecule has 0 amide bonds. The standard InChI is InChI=1S/C13H18Cl2N2O3S/c14-10-4-5-11(12(15)13(10)16)21(19,20)17-6-8-2-1-3-9(8)7-18/h4-5,8-9,17-18H,1-3,6-7,16H2. The van der Waals surface area contributed by atoms with Gasteiger partial charge in [-0.2, -0.15) is 0 Å². The van der Waals surface area contributed by atoms with Crippen molar-refractivity contribution in [3.8, 4) is 0 Å². The molecule has 1 aromatic rings. The predicted octanol–water partition coefficient (Wildman–Crippen LogP) is 2.26. The van der Waals surface area contributed by atoms with Gasteiger partial charge in [0.15, 0.2) is 0 Å². The van der Waals surface area contributed by atoms with E-state index in [-0.39, 0.29) is 45.6 Å². The fraction of sp³-hybridized carbons (Fsp3) is 0.538. The van der Waals surface area contributed by atoms with Crippen LogP contribution in [-0.2, 0) is 10.0 Å². The highest BCUT2D eigenvalue weighted by Crippen LogP contribution is 2.34. The molecule has 1 saturated carbocycles. The number of benzene rings is 1. The molecule has 0 bridgehead atoms. The van der Waals surface area contributed by atoms with Crippen LogP contribution < -0.4 is 10.5 Å². The van der Waals surface area contributed by atoms with Gasteiger partial charge in [-0.1, -0.05) is 29.6 Å². The summed E-state index contributed by atoms with van der Waals surface area (Å²) < 4.78 is 27.2. The lowest BCUT2D eigenvalue weighted by Crippen LogP contribution is -2.32. The summed E-state index contributed by atoms with van der Waals surface area (Å²) in [6.45, 7) is 0.369. The smallest absolute Gasteiger partial charge is 0.242 e. The fourth-order valence-corrected chi connectivity index (χ4v) is 4.53. The second-order valence-corrected chi connectivity index (χ2v) is 7.78. The number of halogens is 2. The predicted molar refractivity (Wildman–Crippen MR) is 84.0 cm³/mol. The molecule has 1 aromatic carbocycles. The van der Waals surface area contributed by atoms with Crippen molar-refractivity contribution >= 4 is 38.9 Å². The average molecular weight is 353 g/mol. The quantitative estimate of drug-likeness (QED) is 0.708. The van der Waals surface area contributed by atoms with Gasteiger partial charge in [-0.3, -0.25) is 0 Å². The minimum absolute atomic E-state index is 0.0512. The van der Waals surface area contributed by atoms with Crippen LogP contribution in [0.2, 0.25) is 10.0 Å². The van der Waals surface area contributed by atoms with Crippen LogP contribution in [0.3, 0.4) is 0 Å². The molecule has 2 atom stereocenters. The van der Waals surface area contributed by atoms with Crippen LogP contribution >= 0.6 is 23.2 Å². The third-order valence-electron chi connectivity index (χ3n) is 3.97. The normalized spacial score (nSPS) is 22.6. The summed E-state index contributed by atoms with van der Waals surface area (Å²) in [7, 11) is -3.75. The molecular formula is C13H18Cl2N2O3S. The highest BCUT2D eigenvalue weighted by molar-refractivity contribution is 7.89. The monoisotopic (exact) mass is 352 g/mol. The Hall–Kier alpha value is -0.530. The molecule has 8 heteroatoms. The van der Waals surface area contributed by atoms with Crippen LogP contribution in [0, 0.1) is 11.8 Å². The Balaban J connectivity index is 2.14. The highest BCUT2D eigenvalue weighted by Gasteiger charge is 2.29.